The Hall–Kier alpha value is -2.64. The number of hydrogen-bond acceptors (Lipinski definition) is 5. The molecule has 0 unspecified atom stereocenters. The highest BCUT2D eigenvalue weighted by atomic mass is 79.9. The first kappa shape index (κ1) is 18.2. The molecule has 3 aromatic rings. The number of rotatable bonds is 4. The van der Waals surface area contributed by atoms with Gasteiger partial charge in [0.2, 0.25) is 0 Å². The van der Waals surface area contributed by atoms with E-state index < -0.39 is 20.7 Å². The van der Waals surface area contributed by atoms with Gasteiger partial charge in [-0.1, -0.05) is 0 Å². The smallest absolute Gasteiger partial charge is 0.266 e. The normalized spacial score (nSPS) is 11.3. The van der Waals surface area contributed by atoms with Crippen LogP contribution in [0.25, 0.3) is 11.5 Å². The highest BCUT2D eigenvalue weighted by Gasteiger charge is 2.24. The van der Waals surface area contributed by atoms with Crippen molar-refractivity contribution in [3.8, 4) is 17.5 Å². The molecular weight excluding hydrogens is 427 g/mol. The van der Waals surface area contributed by atoms with Gasteiger partial charge in [0.05, 0.1) is 5.56 Å². The van der Waals surface area contributed by atoms with Gasteiger partial charge in [0.1, 0.15) is 28.2 Å². The molecule has 2 N–H and O–H groups in total. The van der Waals surface area contributed by atoms with Crippen LogP contribution in [-0.4, -0.2) is 18.6 Å². The quantitative estimate of drug-likeness (QED) is 0.641. The van der Waals surface area contributed by atoms with Crippen molar-refractivity contribution in [1.82, 2.24) is 10.2 Å². The van der Waals surface area contributed by atoms with Crippen molar-refractivity contribution in [2.45, 2.75) is 18.7 Å². The van der Waals surface area contributed by atoms with Crippen molar-refractivity contribution < 1.29 is 17.2 Å². The molecule has 0 spiro atoms. The van der Waals surface area contributed by atoms with E-state index in [4.69, 9.17) is 9.68 Å². The Bertz CT molecular complexity index is 1140. The van der Waals surface area contributed by atoms with Crippen LogP contribution >= 0.6 is 15.9 Å². The number of aromatic nitrogens is 2. The third-order valence-electron chi connectivity index (χ3n) is 3.66. The Morgan fingerprint density at radius 1 is 1.35 bits per heavy atom. The number of sulfonamides is 1. The van der Waals surface area contributed by atoms with E-state index >= 15 is 0 Å². The third-order valence-corrected chi connectivity index (χ3v) is 5.67. The van der Waals surface area contributed by atoms with E-state index in [1.807, 2.05) is 0 Å². The number of benzene rings is 1. The summed E-state index contributed by atoms with van der Waals surface area (Å²) in [6, 6.07) is 7.15. The van der Waals surface area contributed by atoms with Crippen molar-refractivity contribution >= 4 is 31.8 Å². The highest BCUT2D eigenvalue weighted by Crippen LogP contribution is 2.30. The zero-order valence-corrected chi connectivity index (χ0v) is 16.0. The van der Waals surface area contributed by atoms with Gasteiger partial charge in [0.25, 0.3) is 10.0 Å². The standard InChI is InChI=1S/C16H12BrFN4O3S/c1-8-3-4-13(25-8)15-9(2)16(21-20-15)22-26(23,24)14-6-11(17)10(7-19)5-12(14)18/h3-6H,1-2H3,(H2,20,21,22). The number of aromatic amines is 1. The first-order chi connectivity index (χ1) is 12.2. The van der Waals surface area contributed by atoms with Crippen LogP contribution in [-0.2, 0) is 10.0 Å². The molecule has 0 radical (unpaired) electrons. The van der Waals surface area contributed by atoms with Crippen LogP contribution in [0.2, 0.25) is 0 Å². The summed E-state index contributed by atoms with van der Waals surface area (Å²) in [5, 5.41) is 15.5. The summed E-state index contributed by atoms with van der Waals surface area (Å²) < 4.78 is 47.2. The fourth-order valence-corrected chi connectivity index (χ4v) is 4.04. The monoisotopic (exact) mass is 438 g/mol. The molecule has 10 heteroatoms. The van der Waals surface area contributed by atoms with Gasteiger partial charge in [-0.25, -0.2) is 12.8 Å². The predicted molar refractivity (Wildman–Crippen MR) is 95.4 cm³/mol. The molecule has 2 heterocycles. The summed E-state index contributed by atoms with van der Waals surface area (Å²) in [4.78, 5) is -0.596. The van der Waals surface area contributed by atoms with Gasteiger partial charge in [-0.3, -0.25) is 9.82 Å². The zero-order valence-electron chi connectivity index (χ0n) is 13.6. The Labute approximate surface area is 157 Å². The molecule has 0 bridgehead atoms. The van der Waals surface area contributed by atoms with Crippen molar-refractivity contribution in [3.05, 3.63) is 51.4 Å². The summed E-state index contributed by atoms with van der Waals surface area (Å²) in [6.07, 6.45) is 0. The molecule has 134 valence electrons. The zero-order chi connectivity index (χ0) is 19.1. The van der Waals surface area contributed by atoms with E-state index in [-0.39, 0.29) is 15.9 Å². The lowest BCUT2D eigenvalue weighted by Crippen LogP contribution is -2.16. The topological polar surface area (TPSA) is 112 Å². The van der Waals surface area contributed by atoms with Gasteiger partial charge in [-0.05, 0) is 54.0 Å². The molecule has 7 nitrogen and oxygen atoms in total. The first-order valence-electron chi connectivity index (χ1n) is 7.26. The average molecular weight is 439 g/mol. The Kier molecular flexibility index (Phi) is 4.60. The molecule has 0 atom stereocenters. The number of nitrogens with zero attached hydrogens (tertiary/aromatic N) is 2. The van der Waals surface area contributed by atoms with Crippen molar-refractivity contribution in [1.29, 1.82) is 5.26 Å². The fourth-order valence-electron chi connectivity index (χ4n) is 2.31. The van der Waals surface area contributed by atoms with Gasteiger partial charge in [-0.15, -0.1) is 0 Å². The van der Waals surface area contributed by atoms with Crippen LogP contribution < -0.4 is 4.72 Å². The second-order valence-corrected chi connectivity index (χ2v) is 7.97. The Balaban J connectivity index is 1.98. The molecule has 0 saturated heterocycles. The van der Waals surface area contributed by atoms with Gasteiger partial charge < -0.3 is 4.42 Å². The molecule has 2 aromatic heterocycles. The van der Waals surface area contributed by atoms with Crippen LogP contribution in [0, 0.1) is 31.0 Å². The highest BCUT2D eigenvalue weighted by molar-refractivity contribution is 9.10. The third kappa shape index (κ3) is 3.23. The Morgan fingerprint density at radius 2 is 2.08 bits per heavy atom. The molecule has 0 fully saturated rings. The maximum absolute atomic E-state index is 14.2. The van der Waals surface area contributed by atoms with Crippen LogP contribution in [0.1, 0.15) is 16.9 Å². The number of hydrogen-bond donors (Lipinski definition) is 2. The van der Waals surface area contributed by atoms with E-state index in [1.54, 1.807) is 32.0 Å². The first-order valence-corrected chi connectivity index (χ1v) is 9.54. The molecule has 0 amide bonds. The minimum atomic E-state index is -4.26. The molecule has 26 heavy (non-hydrogen) atoms. The number of anilines is 1. The predicted octanol–water partition coefficient (Wildman–Crippen LogP) is 3.86. The summed E-state index contributed by atoms with van der Waals surface area (Å²) in [5.74, 6) is 0.187. The van der Waals surface area contributed by atoms with Crippen molar-refractivity contribution in [2.24, 2.45) is 0 Å². The Morgan fingerprint density at radius 3 is 2.69 bits per heavy atom. The van der Waals surface area contributed by atoms with Crippen LogP contribution in [0.15, 0.2) is 38.1 Å². The van der Waals surface area contributed by atoms with Crippen molar-refractivity contribution in [3.63, 3.8) is 0 Å². The number of nitriles is 1. The van der Waals surface area contributed by atoms with Gasteiger partial charge in [0, 0.05) is 10.0 Å². The molecule has 1 aromatic carbocycles. The molecule has 3 rings (SSSR count). The van der Waals surface area contributed by atoms with E-state index in [2.05, 4.69) is 30.8 Å². The summed E-state index contributed by atoms with van der Waals surface area (Å²) >= 11 is 3.06. The molecular formula is C16H12BrFN4O3S. The minimum Gasteiger partial charge on any atom is -0.460 e. The number of furan rings is 1. The van der Waals surface area contributed by atoms with Gasteiger partial charge in [0.15, 0.2) is 11.6 Å². The van der Waals surface area contributed by atoms with E-state index in [0.29, 0.717) is 22.8 Å². The second kappa shape index (κ2) is 6.59. The molecule has 0 saturated carbocycles. The minimum absolute atomic E-state index is 0.00660. The molecule has 0 aliphatic rings. The van der Waals surface area contributed by atoms with Gasteiger partial charge in [-0.2, -0.15) is 10.4 Å². The largest absolute Gasteiger partial charge is 0.460 e. The average Bonchev–Trinajstić information content (AvgIpc) is 3.15. The number of aryl methyl sites for hydroxylation is 1. The van der Waals surface area contributed by atoms with E-state index in [0.717, 1.165) is 12.1 Å². The lowest BCUT2D eigenvalue weighted by Gasteiger charge is -2.08. The maximum Gasteiger partial charge on any atom is 0.266 e. The lowest BCUT2D eigenvalue weighted by molar-refractivity contribution is 0.546. The number of nitrogens with one attached hydrogen (secondary N) is 2. The van der Waals surface area contributed by atoms with Crippen LogP contribution in [0.5, 0.6) is 0 Å². The van der Waals surface area contributed by atoms with Crippen LogP contribution in [0.4, 0.5) is 10.2 Å². The molecule has 0 aliphatic carbocycles. The molecule has 0 aliphatic heterocycles. The van der Waals surface area contributed by atoms with Crippen LogP contribution in [0.3, 0.4) is 0 Å². The van der Waals surface area contributed by atoms with E-state index in [9.17, 15) is 12.8 Å². The summed E-state index contributed by atoms with van der Waals surface area (Å²) in [7, 11) is -4.26. The number of halogens is 2. The summed E-state index contributed by atoms with van der Waals surface area (Å²) in [5.41, 5.74) is 1.00. The van der Waals surface area contributed by atoms with Gasteiger partial charge >= 0.3 is 0 Å². The van der Waals surface area contributed by atoms with E-state index in [1.165, 1.54) is 0 Å². The lowest BCUT2D eigenvalue weighted by atomic mass is 10.2. The summed E-state index contributed by atoms with van der Waals surface area (Å²) in [6.45, 7) is 3.43. The fraction of sp³-hybridized carbons (Fsp3) is 0.125. The second-order valence-electron chi connectivity index (χ2n) is 5.46. The SMILES string of the molecule is Cc1ccc(-c2[nH]nc(NS(=O)(=O)c3cc(Br)c(C#N)cc3F)c2C)o1. The maximum atomic E-state index is 14.2. The van der Waals surface area contributed by atoms with Crippen molar-refractivity contribution in [2.75, 3.05) is 4.72 Å². The number of H-pyrrole nitrogens is 1.